The highest BCUT2D eigenvalue weighted by Gasteiger charge is 2.09. The summed E-state index contributed by atoms with van der Waals surface area (Å²) in [5.74, 6) is 0. The molecule has 3 rings (SSSR count). The van der Waals surface area contributed by atoms with E-state index in [4.69, 9.17) is 11.6 Å². The van der Waals surface area contributed by atoms with Gasteiger partial charge in [-0.15, -0.1) is 11.3 Å². The number of nitrogens with one attached hydrogen (secondary N) is 2. The molecular weight excluding hydrogens is 358 g/mol. The lowest BCUT2D eigenvalue weighted by molar-refractivity contribution is 0.252. The van der Waals surface area contributed by atoms with Crippen molar-refractivity contribution in [2.75, 3.05) is 11.9 Å². The van der Waals surface area contributed by atoms with Crippen molar-refractivity contribution in [2.45, 2.75) is 20.3 Å². The predicted molar refractivity (Wildman–Crippen MR) is 101 cm³/mol. The summed E-state index contributed by atoms with van der Waals surface area (Å²) in [4.78, 5) is 16.5. The van der Waals surface area contributed by atoms with E-state index in [9.17, 15) is 4.79 Å². The van der Waals surface area contributed by atoms with Crippen molar-refractivity contribution < 1.29 is 4.79 Å². The number of rotatable bonds is 5. The maximum atomic E-state index is 11.9. The number of carbonyl (C=O) groups is 1. The van der Waals surface area contributed by atoms with Crippen molar-refractivity contribution in [1.29, 1.82) is 0 Å². The van der Waals surface area contributed by atoms with Gasteiger partial charge in [0.15, 0.2) is 0 Å². The summed E-state index contributed by atoms with van der Waals surface area (Å²) in [6.45, 7) is 4.45. The number of aromatic nitrogens is 3. The third kappa shape index (κ3) is 4.58. The number of aryl methyl sites for hydroxylation is 2. The van der Waals surface area contributed by atoms with Gasteiger partial charge in [0.25, 0.3) is 0 Å². The summed E-state index contributed by atoms with van der Waals surface area (Å²) >= 11 is 7.43. The van der Waals surface area contributed by atoms with Crippen molar-refractivity contribution in [3.8, 4) is 5.13 Å². The monoisotopic (exact) mass is 375 g/mol. The molecule has 2 heterocycles. The predicted octanol–water partition coefficient (Wildman–Crippen LogP) is 3.96. The van der Waals surface area contributed by atoms with Crippen LogP contribution in [0.1, 0.15) is 17.1 Å². The number of hydrogen-bond acceptors (Lipinski definition) is 4. The van der Waals surface area contributed by atoms with Crippen LogP contribution in [0, 0.1) is 13.8 Å². The average molecular weight is 376 g/mol. The van der Waals surface area contributed by atoms with Gasteiger partial charge in [-0.2, -0.15) is 5.10 Å². The number of urea groups is 1. The van der Waals surface area contributed by atoms with Crippen LogP contribution in [0.4, 0.5) is 10.5 Å². The van der Waals surface area contributed by atoms with Gasteiger partial charge in [-0.25, -0.2) is 14.5 Å². The van der Waals surface area contributed by atoms with Crippen LogP contribution in [-0.4, -0.2) is 27.3 Å². The zero-order valence-electron chi connectivity index (χ0n) is 13.9. The molecule has 8 heteroatoms. The van der Waals surface area contributed by atoms with Gasteiger partial charge in [0.1, 0.15) is 0 Å². The lowest BCUT2D eigenvalue weighted by Gasteiger charge is -2.07. The minimum absolute atomic E-state index is 0.267. The second-order valence-corrected chi connectivity index (χ2v) is 6.87. The summed E-state index contributed by atoms with van der Waals surface area (Å²) < 4.78 is 1.84. The van der Waals surface area contributed by atoms with E-state index in [0.717, 1.165) is 22.2 Å². The van der Waals surface area contributed by atoms with Gasteiger partial charge in [0, 0.05) is 34.7 Å². The molecule has 25 heavy (non-hydrogen) atoms. The Balaban J connectivity index is 1.51. The standard InChI is InChI=1S/C17H18ClN5OS/c1-11-8-12(2)23(22-11)17-21-15(10-25-17)6-7-19-16(24)20-14-5-3-4-13(18)9-14/h3-5,8-10H,6-7H2,1-2H3,(H2,19,20,24). The summed E-state index contributed by atoms with van der Waals surface area (Å²) in [6, 6.07) is 8.77. The fourth-order valence-electron chi connectivity index (χ4n) is 2.38. The highest BCUT2D eigenvalue weighted by molar-refractivity contribution is 7.12. The molecule has 6 nitrogen and oxygen atoms in total. The van der Waals surface area contributed by atoms with Crippen LogP contribution in [0.15, 0.2) is 35.7 Å². The third-order valence-corrected chi connectivity index (χ3v) is 4.58. The van der Waals surface area contributed by atoms with E-state index in [1.54, 1.807) is 24.3 Å². The summed E-state index contributed by atoms with van der Waals surface area (Å²) in [7, 11) is 0. The first-order chi connectivity index (χ1) is 12.0. The number of hydrogen-bond donors (Lipinski definition) is 2. The molecule has 0 aliphatic heterocycles. The summed E-state index contributed by atoms with van der Waals surface area (Å²) in [5.41, 5.74) is 3.60. The molecule has 0 aliphatic carbocycles. The van der Waals surface area contributed by atoms with Crippen molar-refractivity contribution in [3.63, 3.8) is 0 Å². The van der Waals surface area contributed by atoms with Crippen LogP contribution in [0.5, 0.6) is 0 Å². The van der Waals surface area contributed by atoms with E-state index in [1.807, 2.05) is 30.0 Å². The SMILES string of the molecule is Cc1cc(C)n(-c2nc(CCNC(=O)Nc3cccc(Cl)c3)cs2)n1. The van der Waals surface area contributed by atoms with Crippen LogP contribution in [0.25, 0.3) is 5.13 Å². The maximum absolute atomic E-state index is 11.9. The van der Waals surface area contributed by atoms with Gasteiger partial charge < -0.3 is 10.6 Å². The van der Waals surface area contributed by atoms with Crippen LogP contribution >= 0.6 is 22.9 Å². The first-order valence-electron chi connectivity index (χ1n) is 7.80. The Hall–Kier alpha value is -2.38. The Morgan fingerprint density at radius 2 is 2.16 bits per heavy atom. The molecule has 130 valence electrons. The Bertz CT molecular complexity index is 889. The van der Waals surface area contributed by atoms with E-state index in [2.05, 4.69) is 20.7 Å². The maximum Gasteiger partial charge on any atom is 0.319 e. The molecule has 2 amide bonds. The van der Waals surface area contributed by atoms with E-state index < -0.39 is 0 Å². The molecule has 0 radical (unpaired) electrons. The molecule has 0 atom stereocenters. The first-order valence-corrected chi connectivity index (χ1v) is 9.05. The molecule has 2 N–H and O–H groups in total. The fraction of sp³-hybridized carbons (Fsp3) is 0.235. The molecule has 0 saturated carbocycles. The molecular formula is C17H18ClN5OS. The fourth-order valence-corrected chi connectivity index (χ4v) is 3.43. The van der Waals surface area contributed by atoms with Gasteiger partial charge in [0.05, 0.1) is 11.4 Å². The molecule has 0 bridgehead atoms. The van der Waals surface area contributed by atoms with Gasteiger partial charge in [-0.05, 0) is 38.1 Å². The lowest BCUT2D eigenvalue weighted by Crippen LogP contribution is -2.30. The van der Waals surface area contributed by atoms with Crippen LogP contribution in [0.3, 0.4) is 0 Å². The quantitative estimate of drug-likeness (QED) is 0.708. The average Bonchev–Trinajstić information content (AvgIpc) is 3.13. The molecule has 0 saturated heterocycles. The van der Waals surface area contributed by atoms with Gasteiger partial charge in [-0.3, -0.25) is 0 Å². The third-order valence-electron chi connectivity index (χ3n) is 3.48. The van der Waals surface area contributed by atoms with E-state index in [1.165, 1.54) is 11.3 Å². The Kier molecular flexibility index (Phi) is 5.35. The van der Waals surface area contributed by atoms with Crippen LogP contribution < -0.4 is 10.6 Å². The molecule has 2 aromatic heterocycles. The number of carbonyl (C=O) groups excluding carboxylic acids is 1. The molecule has 0 unspecified atom stereocenters. The largest absolute Gasteiger partial charge is 0.337 e. The van der Waals surface area contributed by atoms with Gasteiger partial charge in [0.2, 0.25) is 5.13 Å². The Labute approximate surface area is 154 Å². The van der Waals surface area contributed by atoms with Crippen LogP contribution in [-0.2, 0) is 6.42 Å². The van der Waals surface area contributed by atoms with Crippen molar-refractivity contribution >= 4 is 34.7 Å². The van der Waals surface area contributed by atoms with E-state index >= 15 is 0 Å². The number of amides is 2. The van der Waals surface area contributed by atoms with Gasteiger partial charge in [-0.1, -0.05) is 17.7 Å². The number of anilines is 1. The number of thiazole rings is 1. The molecule has 3 aromatic rings. The number of benzene rings is 1. The highest BCUT2D eigenvalue weighted by Crippen LogP contribution is 2.17. The minimum Gasteiger partial charge on any atom is -0.337 e. The van der Waals surface area contributed by atoms with Crippen molar-refractivity contribution in [3.05, 3.63) is 57.8 Å². The zero-order valence-corrected chi connectivity index (χ0v) is 15.5. The normalized spacial score (nSPS) is 10.7. The minimum atomic E-state index is -0.267. The number of halogens is 1. The Morgan fingerprint density at radius 1 is 1.32 bits per heavy atom. The van der Waals surface area contributed by atoms with Crippen molar-refractivity contribution in [2.24, 2.45) is 0 Å². The molecule has 0 aliphatic rings. The molecule has 0 fully saturated rings. The first kappa shape index (κ1) is 17.4. The smallest absolute Gasteiger partial charge is 0.319 e. The lowest BCUT2D eigenvalue weighted by atomic mass is 10.3. The van der Waals surface area contributed by atoms with Crippen LogP contribution in [0.2, 0.25) is 5.02 Å². The van der Waals surface area contributed by atoms with Crippen molar-refractivity contribution in [1.82, 2.24) is 20.1 Å². The second kappa shape index (κ2) is 7.67. The topological polar surface area (TPSA) is 71.8 Å². The molecule has 0 spiro atoms. The van der Waals surface area contributed by atoms with E-state index in [-0.39, 0.29) is 6.03 Å². The highest BCUT2D eigenvalue weighted by atomic mass is 35.5. The van der Waals surface area contributed by atoms with Gasteiger partial charge >= 0.3 is 6.03 Å². The number of nitrogens with zero attached hydrogens (tertiary/aromatic N) is 3. The van der Waals surface area contributed by atoms with E-state index in [0.29, 0.717) is 23.7 Å². The molecule has 1 aromatic carbocycles. The summed E-state index contributed by atoms with van der Waals surface area (Å²) in [6.07, 6.45) is 0.652. The second-order valence-electron chi connectivity index (χ2n) is 5.60. The summed E-state index contributed by atoms with van der Waals surface area (Å²) in [5, 5.41) is 13.4. The zero-order chi connectivity index (χ0) is 17.8. The Morgan fingerprint density at radius 3 is 2.88 bits per heavy atom.